The lowest BCUT2D eigenvalue weighted by atomic mass is 10.2. The highest BCUT2D eigenvalue weighted by Crippen LogP contribution is 2.38. The Kier molecular flexibility index (Phi) is 3.88. The Morgan fingerprint density at radius 3 is 2.47 bits per heavy atom. The fourth-order valence-corrected chi connectivity index (χ4v) is 1.51. The van der Waals surface area contributed by atoms with Gasteiger partial charge in [-0.25, -0.2) is 9.09 Å². The highest BCUT2D eigenvalue weighted by atomic mass is 31.2. The lowest BCUT2D eigenvalue weighted by molar-refractivity contribution is -0.00129. The van der Waals surface area contributed by atoms with Crippen LogP contribution < -0.4 is 4.74 Å². The van der Waals surface area contributed by atoms with Crippen molar-refractivity contribution < 1.29 is 23.6 Å². The molecular formula is C9H13O5P. The smallest absolute Gasteiger partial charge is 0.464 e. The number of phosphoric acid groups is 1. The van der Waals surface area contributed by atoms with Crippen molar-refractivity contribution in [1.82, 2.24) is 0 Å². The molecule has 1 unspecified atom stereocenters. The summed E-state index contributed by atoms with van der Waals surface area (Å²) >= 11 is 0. The van der Waals surface area contributed by atoms with Crippen LogP contribution in [0.4, 0.5) is 0 Å². The number of aryl methyl sites for hydroxylation is 1. The molecule has 1 aromatic rings. The molecule has 2 N–H and O–H groups in total. The van der Waals surface area contributed by atoms with E-state index in [1.165, 1.54) is 6.92 Å². The van der Waals surface area contributed by atoms with Gasteiger partial charge in [-0.2, -0.15) is 0 Å². The van der Waals surface area contributed by atoms with Crippen molar-refractivity contribution in [3.63, 3.8) is 0 Å². The average molecular weight is 232 g/mol. The molecule has 5 nitrogen and oxygen atoms in total. The minimum absolute atomic E-state index is 0.540. The molecule has 15 heavy (non-hydrogen) atoms. The summed E-state index contributed by atoms with van der Waals surface area (Å²) in [5, 5.41) is 0. The van der Waals surface area contributed by atoms with Crippen LogP contribution in [0.3, 0.4) is 0 Å². The molecule has 0 spiro atoms. The van der Waals surface area contributed by atoms with E-state index in [4.69, 9.17) is 14.5 Å². The average Bonchev–Trinajstić information content (AvgIpc) is 2.05. The molecule has 1 atom stereocenters. The number of hydrogen-bond acceptors (Lipinski definition) is 3. The molecule has 0 radical (unpaired) electrons. The summed E-state index contributed by atoms with van der Waals surface area (Å²) < 4.78 is 20.1. The molecule has 0 aliphatic heterocycles. The predicted molar refractivity (Wildman–Crippen MR) is 54.4 cm³/mol. The molecular weight excluding hydrogens is 219 g/mol. The number of para-hydroxylation sites is 1. The van der Waals surface area contributed by atoms with Gasteiger partial charge in [0.25, 0.3) is 0 Å². The Bertz CT molecular complexity index is 373. The van der Waals surface area contributed by atoms with Crippen LogP contribution in [-0.2, 0) is 9.09 Å². The second-order valence-corrected chi connectivity index (χ2v) is 4.24. The predicted octanol–water partition coefficient (Wildman–Crippen LogP) is 1.83. The van der Waals surface area contributed by atoms with Crippen LogP contribution in [0, 0.1) is 6.92 Å². The number of phosphoric ester groups is 1. The van der Waals surface area contributed by atoms with Crippen LogP contribution in [0.2, 0.25) is 0 Å². The van der Waals surface area contributed by atoms with Crippen LogP contribution in [0.15, 0.2) is 24.3 Å². The molecule has 0 saturated heterocycles. The first kappa shape index (κ1) is 12.2. The van der Waals surface area contributed by atoms with Gasteiger partial charge in [0, 0.05) is 0 Å². The van der Waals surface area contributed by atoms with Gasteiger partial charge in [-0.15, -0.1) is 0 Å². The largest absolute Gasteiger partial charge is 0.472 e. The Balaban J connectivity index is 2.63. The Labute approximate surface area is 87.9 Å². The van der Waals surface area contributed by atoms with Gasteiger partial charge in [0.15, 0.2) is 0 Å². The van der Waals surface area contributed by atoms with Gasteiger partial charge in [-0.05, 0) is 25.5 Å². The van der Waals surface area contributed by atoms with Gasteiger partial charge in [-0.1, -0.05) is 18.2 Å². The molecule has 0 aromatic heterocycles. The fourth-order valence-electron chi connectivity index (χ4n) is 1.08. The summed E-state index contributed by atoms with van der Waals surface area (Å²) in [6.07, 6.45) is -0.994. The molecule has 0 bridgehead atoms. The van der Waals surface area contributed by atoms with Gasteiger partial charge in [0.1, 0.15) is 5.75 Å². The Morgan fingerprint density at radius 2 is 1.93 bits per heavy atom. The molecule has 84 valence electrons. The lowest BCUT2D eigenvalue weighted by Gasteiger charge is -2.16. The molecule has 0 aliphatic rings. The van der Waals surface area contributed by atoms with E-state index in [1.807, 2.05) is 19.1 Å². The van der Waals surface area contributed by atoms with E-state index in [0.29, 0.717) is 5.75 Å². The van der Waals surface area contributed by atoms with Crippen LogP contribution in [0.5, 0.6) is 5.75 Å². The second-order valence-electron chi connectivity index (χ2n) is 3.05. The molecule has 0 amide bonds. The summed E-state index contributed by atoms with van der Waals surface area (Å²) in [6, 6.07) is 7.15. The summed E-state index contributed by atoms with van der Waals surface area (Å²) in [5.41, 5.74) is 0.874. The minimum atomic E-state index is -4.50. The van der Waals surface area contributed by atoms with Crippen molar-refractivity contribution in [1.29, 1.82) is 0 Å². The van der Waals surface area contributed by atoms with Crippen LogP contribution in [-0.4, -0.2) is 16.1 Å². The van der Waals surface area contributed by atoms with Gasteiger partial charge in [0.2, 0.25) is 6.29 Å². The third-order valence-corrected chi connectivity index (χ3v) is 2.24. The molecule has 0 heterocycles. The number of ether oxygens (including phenoxy) is 1. The maximum atomic E-state index is 10.5. The second kappa shape index (κ2) is 4.77. The first-order valence-electron chi connectivity index (χ1n) is 4.35. The molecule has 0 fully saturated rings. The number of benzene rings is 1. The van der Waals surface area contributed by atoms with Gasteiger partial charge in [-0.3, -0.25) is 0 Å². The van der Waals surface area contributed by atoms with E-state index >= 15 is 0 Å². The summed E-state index contributed by atoms with van der Waals surface area (Å²) in [6.45, 7) is 3.26. The zero-order valence-electron chi connectivity index (χ0n) is 8.45. The zero-order chi connectivity index (χ0) is 11.5. The standard InChI is InChI=1S/C9H13O5P/c1-7-5-3-4-6-9(7)13-8(2)14-15(10,11)12/h3-6,8H,1-2H3,(H2,10,11,12). The van der Waals surface area contributed by atoms with E-state index in [2.05, 4.69) is 4.52 Å². The SMILES string of the molecule is Cc1ccccc1OC(C)OP(=O)(O)O. The molecule has 6 heteroatoms. The minimum Gasteiger partial charge on any atom is -0.464 e. The number of rotatable bonds is 4. The Hall–Kier alpha value is -0.870. The van der Waals surface area contributed by atoms with Crippen LogP contribution in [0.1, 0.15) is 12.5 Å². The van der Waals surface area contributed by atoms with Crippen molar-refractivity contribution in [3.8, 4) is 5.75 Å². The highest BCUT2D eigenvalue weighted by molar-refractivity contribution is 7.46. The van der Waals surface area contributed by atoms with Crippen molar-refractivity contribution in [2.24, 2.45) is 0 Å². The highest BCUT2D eigenvalue weighted by Gasteiger charge is 2.20. The fraction of sp³-hybridized carbons (Fsp3) is 0.333. The van der Waals surface area contributed by atoms with Crippen molar-refractivity contribution in [2.45, 2.75) is 20.1 Å². The van der Waals surface area contributed by atoms with Crippen molar-refractivity contribution in [3.05, 3.63) is 29.8 Å². The topological polar surface area (TPSA) is 76.0 Å². The molecule has 0 saturated carbocycles. The quantitative estimate of drug-likeness (QED) is 0.611. The maximum absolute atomic E-state index is 10.5. The van der Waals surface area contributed by atoms with E-state index < -0.39 is 14.1 Å². The third-order valence-electron chi connectivity index (χ3n) is 1.67. The summed E-state index contributed by atoms with van der Waals surface area (Å²) in [7, 11) is -4.50. The normalized spacial score (nSPS) is 13.6. The molecule has 1 aromatic carbocycles. The maximum Gasteiger partial charge on any atom is 0.472 e. The van der Waals surface area contributed by atoms with Gasteiger partial charge in [0.05, 0.1) is 0 Å². The third kappa shape index (κ3) is 4.44. The van der Waals surface area contributed by atoms with Crippen molar-refractivity contribution >= 4 is 7.82 Å². The van der Waals surface area contributed by atoms with E-state index in [-0.39, 0.29) is 0 Å². The van der Waals surface area contributed by atoms with E-state index in [0.717, 1.165) is 5.56 Å². The van der Waals surface area contributed by atoms with Gasteiger partial charge >= 0.3 is 7.82 Å². The molecule has 0 aliphatic carbocycles. The van der Waals surface area contributed by atoms with Gasteiger partial charge < -0.3 is 14.5 Å². The lowest BCUT2D eigenvalue weighted by Crippen LogP contribution is -2.15. The van der Waals surface area contributed by atoms with E-state index in [1.54, 1.807) is 12.1 Å². The zero-order valence-corrected chi connectivity index (χ0v) is 9.35. The number of hydrogen-bond donors (Lipinski definition) is 2. The first-order valence-corrected chi connectivity index (χ1v) is 5.88. The van der Waals surface area contributed by atoms with E-state index in [9.17, 15) is 4.57 Å². The first-order chi connectivity index (χ1) is 6.88. The van der Waals surface area contributed by atoms with Crippen LogP contribution in [0.25, 0.3) is 0 Å². The van der Waals surface area contributed by atoms with Crippen molar-refractivity contribution in [2.75, 3.05) is 0 Å². The Morgan fingerprint density at radius 1 is 1.33 bits per heavy atom. The summed E-state index contributed by atoms with van der Waals surface area (Å²) in [5.74, 6) is 0.540. The monoisotopic (exact) mass is 232 g/mol. The van der Waals surface area contributed by atoms with Crippen LogP contribution >= 0.6 is 7.82 Å². The molecule has 1 rings (SSSR count). The summed E-state index contributed by atoms with van der Waals surface area (Å²) in [4.78, 5) is 17.1.